The molecule has 2 fully saturated rings. The molecule has 0 aromatic carbocycles. The van der Waals surface area contributed by atoms with Crippen molar-refractivity contribution in [2.24, 2.45) is 5.92 Å². The van der Waals surface area contributed by atoms with Crippen molar-refractivity contribution in [3.05, 3.63) is 0 Å². The number of hydrogen-bond acceptors (Lipinski definition) is 2. The van der Waals surface area contributed by atoms with Gasteiger partial charge < -0.3 is 10.2 Å². The minimum atomic E-state index is 0.233. The molecular formula is C15H28N2O. The third-order valence-corrected chi connectivity index (χ3v) is 4.77. The van der Waals surface area contributed by atoms with Gasteiger partial charge in [0.1, 0.15) is 0 Å². The molecule has 2 unspecified atom stereocenters. The van der Waals surface area contributed by atoms with Crippen molar-refractivity contribution in [1.82, 2.24) is 10.2 Å². The molecule has 1 saturated heterocycles. The summed E-state index contributed by atoms with van der Waals surface area (Å²) in [4.78, 5) is 13.3. The lowest BCUT2D eigenvalue weighted by Crippen LogP contribution is -2.48. The van der Waals surface area contributed by atoms with Gasteiger partial charge in [-0.3, -0.25) is 4.79 Å². The Morgan fingerprint density at radius 3 is 2.50 bits per heavy atom. The van der Waals surface area contributed by atoms with Gasteiger partial charge in [0.05, 0.1) is 0 Å². The largest absolute Gasteiger partial charge is 0.343 e. The molecule has 0 spiro atoms. The van der Waals surface area contributed by atoms with E-state index in [0.29, 0.717) is 6.04 Å². The quantitative estimate of drug-likeness (QED) is 0.837. The van der Waals surface area contributed by atoms with Gasteiger partial charge in [-0.2, -0.15) is 0 Å². The molecular weight excluding hydrogens is 224 g/mol. The molecule has 2 aliphatic rings. The number of hydrogen-bond donors (Lipinski definition) is 1. The second-order valence-electron chi connectivity index (χ2n) is 6.08. The van der Waals surface area contributed by atoms with E-state index in [9.17, 15) is 4.79 Å². The van der Waals surface area contributed by atoms with E-state index in [1.54, 1.807) is 6.92 Å². The van der Waals surface area contributed by atoms with E-state index >= 15 is 0 Å². The summed E-state index contributed by atoms with van der Waals surface area (Å²) in [5.74, 6) is 1.17. The number of nitrogens with zero attached hydrogens (tertiary/aromatic N) is 1. The Bertz CT molecular complexity index is 272. The van der Waals surface area contributed by atoms with Gasteiger partial charge in [0.15, 0.2) is 0 Å². The van der Waals surface area contributed by atoms with Crippen molar-refractivity contribution in [1.29, 1.82) is 0 Å². The van der Waals surface area contributed by atoms with Crippen LogP contribution in [0.4, 0.5) is 0 Å². The summed E-state index contributed by atoms with van der Waals surface area (Å²) >= 11 is 0. The maximum atomic E-state index is 11.3. The molecule has 1 heterocycles. The molecule has 18 heavy (non-hydrogen) atoms. The minimum absolute atomic E-state index is 0.233. The summed E-state index contributed by atoms with van der Waals surface area (Å²) in [7, 11) is 0. The fourth-order valence-electron chi connectivity index (χ4n) is 3.51. The number of rotatable bonds is 3. The Morgan fingerprint density at radius 2 is 1.89 bits per heavy atom. The van der Waals surface area contributed by atoms with Gasteiger partial charge in [-0.15, -0.1) is 0 Å². The summed E-state index contributed by atoms with van der Waals surface area (Å²) in [6.07, 6.45) is 9.13. The van der Waals surface area contributed by atoms with Gasteiger partial charge in [-0.1, -0.05) is 26.2 Å². The Morgan fingerprint density at radius 1 is 1.17 bits per heavy atom. The highest BCUT2D eigenvalue weighted by Crippen LogP contribution is 2.27. The van der Waals surface area contributed by atoms with Gasteiger partial charge in [0.25, 0.3) is 0 Å². The van der Waals surface area contributed by atoms with E-state index in [1.165, 1.54) is 32.1 Å². The van der Waals surface area contributed by atoms with Crippen LogP contribution >= 0.6 is 0 Å². The van der Waals surface area contributed by atoms with E-state index in [1.807, 2.05) is 4.90 Å². The Labute approximate surface area is 111 Å². The Kier molecular flexibility index (Phi) is 5.04. The summed E-state index contributed by atoms with van der Waals surface area (Å²) in [5.41, 5.74) is 0. The van der Waals surface area contributed by atoms with Gasteiger partial charge in [0, 0.05) is 32.1 Å². The van der Waals surface area contributed by atoms with Crippen LogP contribution in [0.25, 0.3) is 0 Å². The molecule has 104 valence electrons. The lowest BCUT2D eigenvalue weighted by molar-refractivity contribution is -0.129. The third-order valence-electron chi connectivity index (χ3n) is 4.77. The third kappa shape index (κ3) is 3.71. The van der Waals surface area contributed by atoms with E-state index in [-0.39, 0.29) is 5.91 Å². The standard InChI is InChI=1S/C15H28N2O/c1-3-13-5-4-6-15(11-13)16-14-7-9-17(10-8-14)12(2)18/h13-16H,3-11H2,1-2H3. The monoisotopic (exact) mass is 252 g/mol. The molecule has 1 aliphatic carbocycles. The first kappa shape index (κ1) is 13.9. The van der Waals surface area contributed by atoms with Crippen molar-refractivity contribution >= 4 is 5.91 Å². The summed E-state index contributed by atoms with van der Waals surface area (Å²) < 4.78 is 0. The molecule has 3 heteroatoms. The number of carbonyl (C=O) groups excluding carboxylic acids is 1. The summed E-state index contributed by atoms with van der Waals surface area (Å²) in [5, 5.41) is 3.84. The number of nitrogens with one attached hydrogen (secondary N) is 1. The molecule has 2 atom stereocenters. The van der Waals surface area contributed by atoms with Crippen LogP contribution in [0.2, 0.25) is 0 Å². The lowest BCUT2D eigenvalue weighted by atomic mass is 9.83. The van der Waals surface area contributed by atoms with Crippen LogP contribution in [-0.2, 0) is 4.79 Å². The topological polar surface area (TPSA) is 32.3 Å². The normalized spacial score (nSPS) is 30.4. The molecule has 1 N–H and O–H groups in total. The van der Waals surface area contributed by atoms with Crippen molar-refractivity contribution in [2.75, 3.05) is 13.1 Å². The molecule has 0 radical (unpaired) electrons. The molecule has 0 aromatic rings. The van der Waals surface area contributed by atoms with E-state index in [2.05, 4.69) is 12.2 Å². The Balaban J connectivity index is 1.72. The number of amides is 1. The van der Waals surface area contributed by atoms with Crippen LogP contribution in [0.5, 0.6) is 0 Å². The zero-order valence-electron chi connectivity index (χ0n) is 12.0. The zero-order chi connectivity index (χ0) is 13.0. The highest BCUT2D eigenvalue weighted by molar-refractivity contribution is 5.73. The fraction of sp³-hybridized carbons (Fsp3) is 0.933. The first-order valence-electron chi connectivity index (χ1n) is 7.70. The highest BCUT2D eigenvalue weighted by Gasteiger charge is 2.25. The van der Waals surface area contributed by atoms with Crippen LogP contribution in [0, 0.1) is 5.92 Å². The Hall–Kier alpha value is -0.570. The molecule has 0 aromatic heterocycles. The zero-order valence-corrected chi connectivity index (χ0v) is 12.0. The minimum Gasteiger partial charge on any atom is -0.343 e. The van der Waals surface area contributed by atoms with Crippen molar-refractivity contribution in [3.8, 4) is 0 Å². The van der Waals surface area contributed by atoms with Crippen molar-refractivity contribution in [3.63, 3.8) is 0 Å². The van der Waals surface area contributed by atoms with Crippen LogP contribution < -0.4 is 5.32 Å². The number of likely N-dealkylation sites (tertiary alicyclic amines) is 1. The molecule has 0 bridgehead atoms. The maximum absolute atomic E-state index is 11.3. The second kappa shape index (κ2) is 6.55. The predicted octanol–water partition coefficient (Wildman–Crippen LogP) is 2.56. The van der Waals surface area contributed by atoms with Gasteiger partial charge in [-0.25, -0.2) is 0 Å². The van der Waals surface area contributed by atoms with Crippen LogP contribution in [0.1, 0.15) is 58.8 Å². The fourth-order valence-corrected chi connectivity index (χ4v) is 3.51. The van der Waals surface area contributed by atoms with Gasteiger partial charge in [-0.05, 0) is 31.6 Å². The highest BCUT2D eigenvalue weighted by atomic mass is 16.2. The number of carbonyl (C=O) groups is 1. The lowest BCUT2D eigenvalue weighted by Gasteiger charge is -2.36. The van der Waals surface area contributed by atoms with Crippen LogP contribution in [-0.4, -0.2) is 36.0 Å². The predicted molar refractivity (Wildman–Crippen MR) is 74.4 cm³/mol. The van der Waals surface area contributed by atoms with Gasteiger partial charge >= 0.3 is 0 Å². The van der Waals surface area contributed by atoms with Crippen molar-refractivity contribution in [2.45, 2.75) is 70.9 Å². The van der Waals surface area contributed by atoms with E-state index in [4.69, 9.17) is 0 Å². The molecule has 2 rings (SSSR count). The maximum Gasteiger partial charge on any atom is 0.219 e. The first-order chi connectivity index (χ1) is 8.69. The van der Waals surface area contributed by atoms with Gasteiger partial charge in [0.2, 0.25) is 5.91 Å². The van der Waals surface area contributed by atoms with E-state index in [0.717, 1.165) is 37.9 Å². The molecule has 1 aliphatic heterocycles. The van der Waals surface area contributed by atoms with E-state index < -0.39 is 0 Å². The summed E-state index contributed by atoms with van der Waals surface area (Å²) in [6, 6.07) is 1.37. The van der Waals surface area contributed by atoms with Crippen molar-refractivity contribution < 1.29 is 4.79 Å². The molecule has 1 saturated carbocycles. The van der Waals surface area contributed by atoms with Crippen LogP contribution in [0.15, 0.2) is 0 Å². The molecule has 1 amide bonds. The average Bonchev–Trinajstić information content (AvgIpc) is 2.39. The first-order valence-corrected chi connectivity index (χ1v) is 7.70. The summed E-state index contributed by atoms with van der Waals surface area (Å²) in [6.45, 7) is 5.88. The smallest absolute Gasteiger partial charge is 0.219 e. The SMILES string of the molecule is CCC1CCCC(NC2CCN(C(C)=O)CC2)C1. The van der Waals surface area contributed by atoms with Crippen LogP contribution in [0.3, 0.4) is 0 Å². The molecule has 3 nitrogen and oxygen atoms in total. The number of piperidine rings is 1. The average molecular weight is 252 g/mol. The second-order valence-corrected chi connectivity index (χ2v) is 6.08.